The highest BCUT2D eigenvalue weighted by Gasteiger charge is 2.49. The van der Waals surface area contributed by atoms with E-state index in [1.807, 2.05) is 0 Å². The number of hydrogen-bond donors (Lipinski definition) is 1. The van der Waals surface area contributed by atoms with Crippen LogP contribution in [0.4, 0.5) is 55.9 Å². The zero-order chi connectivity index (χ0) is 33.1. The van der Waals surface area contributed by atoms with Crippen molar-refractivity contribution in [1.82, 2.24) is 20.4 Å². The van der Waals surface area contributed by atoms with Crippen LogP contribution in [0, 0.1) is 5.92 Å². The molecule has 1 saturated carbocycles. The lowest BCUT2D eigenvalue weighted by molar-refractivity contribution is -0.783. The number of carbonyl (C=O) groups excluding carboxylic acids is 1. The van der Waals surface area contributed by atoms with E-state index >= 15 is 0 Å². The number of halogens is 9. The number of pyridine rings is 1. The van der Waals surface area contributed by atoms with Crippen molar-refractivity contribution in [2.45, 2.75) is 76.4 Å². The fourth-order valence-electron chi connectivity index (χ4n) is 5.40. The van der Waals surface area contributed by atoms with Gasteiger partial charge in [-0.05, 0) is 80.1 Å². The van der Waals surface area contributed by atoms with Crippen LogP contribution < -0.4 is 14.6 Å². The summed E-state index contributed by atoms with van der Waals surface area (Å²) in [6.07, 6.45) is -15.3. The molecule has 0 spiro atoms. The van der Waals surface area contributed by atoms with E-state index in [0.29, 0.717) is 31.0 Å². The van der Waals surface area contributed by atoms with Gasteiger partial charge in [0.2, 0.25) is 0 Å². The summed E-state index contributed by atoms with van der Waals surface area (Å²) in [4.78, 5) is 20.7. The number of alkyl halides is 9. The number of fused-ring (bicyclic) bond motifs is 1. The van der Waals surface area contributed by atoms with E-state index in [9.17, 15) is 44.3 Å². The Morgan fingerprint density at radius 3 is 2.13 bits per heavy atom. The van der Waals surface area contributed by atoms with Crippen LogP contribution in [0.2, 0.25) is 0 Å². The molecule has 0 radical (unpaired) electrons. The SMILES string of the molecule is CC(C)OC(=O)N1c2ccc(C(F)(F)F)nc2C(N(Cc2cc(C(F)(F)F)cc(C(F)(F)F)c2)c2n[nH][n+](C)n2)CC1C1CC1. The first kappa shape index (κ1) is 32.3. The number of tetrazole rings is 1. The first-order valence-electron chi connectivity index (χ1n) is 13.7. The third-order valence-corrected chi connectivity index (χ3v) is 7.43. The monoisotopic (exact) mass is 652 g/mol. The van der Waals surface area contributed by atoms with E-state index in [-0.39, 0.29) is 35.7 Å². The van der Waals surface area contributed by atoms with Crippen molar-refractivity contribution in [3.63, 3.8) is 0 Å². The molecule has 1 amide bonds. The molecule has 1 aliphatic carbocycles. The van der Waals surface area contributed by atoms with Crippen LogP contribution in [-0.4, -0.2) is 38.6 Å². The Hall–Kier alpha value is -4.12. The molecule has 45 heavy (non-hydrogen) atoms. The largest absolute Gasteiger partial charge is 0.446 e. The summed E-state index contributed by atoms with van der Waals surface area (Å²) in [6.45, 7) is 2.51. The molecular formula is C27H27F9N7O2+. The van der Waals surface area contributed by atoms with Gasteiger partial charge in [-0.3, -0.25) is 4.90 Å². The van der Waals surface area contributed by atoms with Crippen LogP contribution in [0.15, 0.2) is 30.3 Å². The Morgan fingerprint density at radius 1 is 1.02 bits per heavy atom. The molecule has 2 atom stereocenters. The molecule has 1 aliphatic heterocycles. The molecule has 18 heteroatoms. The fourth-order valence-corrected chi connectivity index (χ4v) is 5.40. The summed E-state index contributed by atoms with van der Waals surface area (Å²) in [5.74, 6) is -0.329. The normalized spacial score (nSPS) is 19.1. The minimum absolute atomic E-state index is 0.0188. The number of benzene rings is 1. The number of aryl methyl sites for hydroxylation is 1. The van der Waals surface area contributed by atoms with Gasteiger partial charge in [0.25, 0.3) is 0 Å². The molecular weight excluding hydrogens is 625 g/mol. The zero-order valence-electron chi connectivity index (χ0n) is 23.9. The van der Waals surface area contributed by atoms with Gasteiger partial charge < -0.3 is 9.64 Å². The molecule has 1 aromatic carbocycles. The lowest BCUT2D eigenvalue weighted by atomic mass is 9.90. The second-order valence-electron chi connectivity index (χ2n) is 11.2. The van der Waals surface area contributed by atoms with Gasteiger partial charge in [-0.1, -0.05) is 4.80 Å². The van der Waals surface area contributed by atoms with E-state index in [0.717, 1.165) is 10.9 Å². The number of hydrogen-bond acceptors (Lipinski definition) is 6. The summed E-state index contributed by atoms with van der Waals surface area (Å²) >= 11 is 0. The Bertz CT molecular complexity index is 1530. The molecule has 2 aliphatic rings. The summed E-state index contributed by atoms with van der Waals surface area (Å²) in [7, 11) is 1.41. The quantitative estimate of drug-likeness (QED) is 0.246. The predicted octanol–water partition coefficient (Wildman–Crippen LogP) is 6.36. The van der Waals surface area contributed by atoms with Gasteiger partial charge in [-0.25, -0.2) is 9.78 Å². The van der Waals surface area contributed by atoms with E-state index < -0.39 is 71.7 Å². The average Bonchev–Trinajstić information content (AvgIpc) is 3.68. The lowest BCUT2D eigenvalue weighted by Crippen LogP contribution is -2.50. The predicted molar refractivity (Wildman–Crippen MR) is 137 cm³/mol. The van der Waals surface area contributed by atoms with Gasteiger partial charge in [0.1, 0.15) is 12.7 Å². The number of H-pyrrole nitrogens is 1. The van der Waals surface area contributed by atoms with Gasteiger partial charge in [0.05, 0.1) is 39.8 Å². The van der Waals surface area contributed by atoms with Crippen molar-refractivity contribution in [1.29, 1.82) is 0 Å². The van der Waals surface area contributed by atoms with Crippen LogP contribution in [0.5, 0.6) is 0 Å². The summed E-state index contributed by atoms with van der Waals surface area (Å²) in [5.41, 5.74) is -5.22. The molecule has 5 rings (SSSR count). The van der Waals surface area contributed by atoms with Crippen LogP contribution in [0.25, 0.3) is 0 Å². The van der Waals surface area contributed by atoms with E-state index in [1.54, 1.807) is 13.8 Å². The van der Waals surface area contributed by atoms with Gasteiger partial charge in [0.15, 0.2) is 0 Å². The molecule has 3 aromatic rings. The fraction of sp³-hybridized carbons (Fsp3) is 0.519. The Balaban J connectivity index is 1.69. The van der Waals surface area contributed by atoms with E-state index in [4.69, 9.17) is 4.74 Å². The Morgan fingerprint density at radius 2 is 1.64 bits per heavy atom. The van der Waals surface area contributed by atoms with Gasteiger partial charge >= 0.3 is 30.6 Å². The van der Waals surface area contributed by atoms with Crippen molar-refractivity contribution < 1.29 is 53.8 Å². The number of ether oxygens (including phenoxy) is 1. The Labute approximate surface area is 249 Å². The molecule has 244 valence electrons. The number of anilines is 2. The molecule has 1 fully saturated rings. The van der Waals surface area contributed by atoms with Crippen LogP contribution in [0.3, 0.4) is 0 Å². The highest BCUT2D eigenvalue weighted by Crippen LogP contribution is 2.49. The first-order chi connectivity index (χ1) is 20.8. The number of aromatic amines is 1. The molecule has 2 unspecified atom stereocenters. The maximum atomic E-state index is 13.9. The van der Waals surface area contributed by atoms with Gasteiger partial charge in [-0.15, -0.1) is 0 Å². The smallest absolute Gasteiger partial charge is 0.433 e. The van der Waals surface area contributed by atoms with Crippen LogP contribution in [0.1, 0.15) is 67.2 Å². The minimum atomic E-state index is -5.13. The number of rotatable bonds is 6. The summed E-state index contributed by atoms with van der Waals surface area (Å²) < 4.78 is 129. The number of amides is 1. The number of carbonyl (C=O) groups is 1. The zero-order valence-corrected chi connectivity index (χ0v) is 23.9. The highest BCUT2D eigenvalue weighted by molar-refractivity contribution is 5.90. The number of nitrogens with zero attached hydrogens (tertiary/aromatic N) is 6. The highest BCUT2D eigenvalue weighted by atomic mass is 19.4. The third kappa shape index (κ3) is 6.93. The lowest BCUT2D eigenvalue weighted by Gasteiger charge is -2.43. The molecule has 0 saturated heterocycles. The van der Waals surface area contributed by atoms with E-state index in [2.05, 4.69) is 20.4 Å². The third-order valence-electron chi connectivity index (χ3n) is 7.43. The van der Waals surface area contributed by atoms with Crippen molar-refractivity contribution in [2.24, 2.45) is 13.0 Å². The van der Waals surface area contributed by atoms with Crippen molar-refractivity contribution in [3.8, 4) is 0 Å². The van der Waals surface area contributed by atoms with Crippen molar-refractivity contribution in [3.05, 3.63) is 58.4 Å². The summed E-state index contributed by atoms with van der Waals surface area (Å²) in [5, 5.41) is 10.6. The average molecular weight is 653 g/mol. The van der Waals surface area contributed by atoms with Crippen LogP contribution in [-0.2, 0) is 36.9 Å². The van der Waals surface area contributed by atoms with Crippen molar-refractivity contribution in [2.75, 3.05) is 9.80 Å². The standard InChI is InChI=1S/C27H26F9N7O2/c1-13(2)45-24(44)43-18-6-7-21(27(34,35)36)37-22(18)20(11-19(43)15-4-5-15)42(23-38-40-41(3)39-23)12-14-8-16(25(28,29)30)10-17(9-14)26(31,32)33/h6-10,13,15,19-20H,4-5,11-12H2,1-3H3/p+1. The Kier molecular flexibility index (Phi) is 8.14. The van der Waals surface area contributed by atoms with Gasteiger partial charge in [-0.2, -0.15) is 39.5 Å². The summed E-state index contributed by atoms with van der Waals surface area (Å²) in [6, 6.07) is 0.947. The second-order valence-corrected chi connectivity index (χ2v) is 11.2. The molecule has 3 heterocycles. The van der Waals surface area contributed by atoms with Crippen molar-refractivity contribution >= 4 is 17.7 Å². The molecule has 9 nitrogen and oxygen atoms in total. The topological polar surface area (TPSA) is 91.1 Å². The van der Waals surface area contributed by atoms with Crippen LogP contribution >= 0.6 is 0 Å². The minimum Gasteiger partial charge on any atom is -0.446 e. The second kappa shape index (κ2) is 11.3. The maximum Gasteiger partial charge on any atom is 0.433 e. The van der Waals surface area contributed by atoms with E-state index in [1.165, 1.54) is 16.8 Å². The molecule has 2 aromatic heterocycles. The maximum absolute atomic E-state index is 13.9. The first-order valence-corrected chi connectivity index (χ1v) is 13.7. The van der Waals surface area contributed by atoms with Gasteiger partial charge in [0, 0.05) is 17.7 Å². The number of aromatic nitrogens is 5. The molecule has 1 N–H and O–H groups in total. The number of nitrogens with one attached hydrogen (secondary N) is 1. The molecule has 0 bridgehead atoms.